The van der Waals surface area contributed by atoms with E-state index in [4.69, 9.17) is 14.2 Å². The number of sulfonamides is 1. The lowest BCUT2D eigenvalue weighted by Crippen LogP contribution is -2.30. The zero-order valence-corrected chi connectivity index (χ0v) is 20.7. The first-order valence-electron chi connectivity index (χ1n) is 10.7. The molecule has 8 nitrogen and oxygen atoms in total. The number of ether oxygens (including phenoxy) is 3. The number of hydrogen-bond donors (Lipinski definition) is 1. The van der Waals surface area contributed by atoms with Crippen LogP contribution in [-0.2, 0) is 14.8 Å². The highest BCUT2D eigenvalue weighted by molar-refractivity contribution is 7.89. The third-order valence-electron chi connectivity index (χ3n) is 4.75. The number of nitrogens with one attached hydrogen (secondary N) is 1. The first kappa shape index (κ1) is 26.2. The quantitative estimate of drug-likeness (QED) is 0.489. The molecule has 0 heterocycles. The molecule has 1 amide bonds. The Hall–Kier alpha value is -3.04. The summed E-state index contributed by atoms with van der Waals surface area (Å²) in [6.07, 6.45) is 2.98. The average molecular weight is 477 g/mol. The Morgan fingerprint density at radius 3 is 2.21 bits per heavy atom. The van der Waals surface area contributed by atoms with E-state index in [1.54, 1.807) is 39.2 Å². The van der Waals surface area contributed by atoms with Crippen LogP contribution in [0.15, 0.2) is 47.4 Å². The maximum atomic E-state index is 12.8. The second-order valence-electron chi connectivity index (χ2n) is 7.35. The lowest BCUT2D eigenvalue weighted by atomic mass is 10.2. The molecule has 0 atom stereocenters. The maximum absolute atomic E-state index is 12.8. The van der Waals surface area contributed by atoms with Gasteiger partial charge in [-0.25, -0.2) is 8.42 Å². The van der Waals surface area contributed by atoms with Gasteiger partial charge in [0.2, 0.25) is 15.9 Å². The smallest absolute Gasteiger partial charge is 0.248 e. The second kappa shape index (κ2) is 11.7. The molecule has 2 aromatic rings. The largest absolute Gasteiger partial charge is 0.495 e. The number of anilines is 1. The van der Waals surface area contributed by atoms with Crippen molar-refractivity contribution in [3.8, 4) is 17.2 Å². The van der Waals surface area contributed by atoms with E-state index in [0.717, 1.165) is 5.56 Å². The Labute approximate surface area is 196 Å². The highest BCUT2D eigenvalue weighted by Crippen LogP contribution is 2.30. The molecule has 2 aromatic carbocycles. The van der Waals surface area contributed by atoms with E-state index < -0.39 is 15.9 Å². The van der Waals surface area contributed by atoms with Gasteiger partial charge in [-0.15, -0.1) is 0 Å². The molecule has 1 N–H and O–H groups in total. The van der Waals surface area contributed by atoms with Crippen molar-refractivity contribution in [1.29, 1.82) is 0 Å². The third kappa shape index (κ3) is 6.72. The second-order valence-corrected chi connectivity index (χ2v) is 9.29. The van der Waals surface area contributed by atoms with Gasteiger partial charge in [0, 0.05) is 19.2 Å². The molecule has 0 radical (unpaired) electrons. The fraction of sp³-hybridized carbons (Fsp3) is 0.375. The number of rotatable bonds is 11. The van der Waals surface area contributed by atoms with Crippen molar-refractivity contribution < 1.29 is 27.4 Å². The number of carbonyl (C=O) groups is 1. The molecule has 0 aromatic heterocycles. The van der Waals surface area contributed by atoms with Gasteiger partial charge < -0.3 is 19.5 Å². The van der Waals surface area contributed by atoms with Crippen molar-refractivity contribution in [2.24, 2.45) is 0 Å². The SMILES string of the molecule is CCN(CC)S(=O)(=O)c1ccc(OC)c(NC(=O)/C=C/c2ccc(OC(C)C)c(OC)c2)c1. The van der Waals surface area contributed by atoms with Gasteiger partial charge >= 0.3 is 0 Å². The number of amides is 1. The van der Waals surface area contributed by atoms with Crippen LogP contribution in [0.2, 0.25) is 0 Å². The van der Waals surface area contributed by atoms with Crippen LogP contribution >= 0.6 is 0 Å². The van der Waals surface area contributed by atoms with Gasteiger partial charge in [-0.2, -0.15) is 4.31 Å². The summed E-state index contributed by atoms with van der Waals surface area (Å²) in [7, 11) is -0.677. The molecule has 2 rings (SSSR count). The molecule has 0 aliphatic rings. The molecular weight excluding hydrogens is 444 g/mol. The van der Waals surface area contributed by atoms with E-state index in [9.17, 15) is 13.2 Å². The van der Waals surface area contributed by atoms with Gasteiger partial charge in [-0.3, -0.25) is 4.79 Å². The highest BCUT2D eigenvalue weighted by atomic mass is 32.2. The zero-order valence-electron chi connectivity index (χ0n) is 19.9. The molecule has 180 valence electrons. The van der Waals surface area contributed by atoms with Gasteiger partial charge in [0.25, 0.3) is 0 Å². The van der Waals surface area contributed by atoms with Crippen molar-refractivity contribution in [3.63, 3.8) is 0 Å². The highest BCUT2D eigenvalue weighted by Gasteiger charge is 2.23. The first-order chi connectivity index (χ1) is 15.7. The topological polar surface area (TPSA) is 94.2 Å². The molecule has 0 aliphatic heterocycles. The zero-order chi connectivity index (χ0) is 24.6. The van der Waals surface area contributed by atoms with Gasteiger partial charge in [-0.05, 0) is 55.8 Å². The van der Waals surface area contributed by atoms with Gasteiger partial charge in [0.15, 0.2) is 11.5 Å². The predicted octanol–water partition coefficient (Wildman–Crippen LogP) is 4.17. The van der Waals surface area contributed by atoms with Crippen LogP contribution in [0.1, 0.15) is 33.3 Å². The predicted molar refractivity (Wildman–Crippen MR) is 130 cm³/mol. The van der Waals surface area contributed by atoms with E-state index >= 15 is 0 Å². The van der Waals surface area contributed by atoms with Crippen LogP contribution in [-0.4, -0.2) is 52.0 Å². The Morgan fingerprint density at radius 2 is 1.64 bits per heavy atom. The lowest BCUT2D eigenvalue weighted by molar-refractivity contribution is -0.111. The van der Waals surface area contributed by atoms with Crippen LogP contribution in [0.4, 0.5) is 5.69 Å². The molecule has 0 unspecified atom stereocenters. The Bertz CT molecular complexity index is 1090. The molecular formula is C24H32N2O6S. The minimum Gasteiger partial charge on any atom is -0.495 e. The Morgan fingerprint density at radius 1 is 1.00 bits per heavy atom. The number of nitrogens with zero attached hydrogens (tertiary/aromatic N) is 1. The monoisotopic (exact) mass is 476 g/mol. The van der Waals surface area contributed by atoms with Gasteiger partial charge in [0.1, 0.15) is 5.75 Å². The fourth-order valence-electron chi connectivity index (χ4n) is 3.14. The summed E-state index contributed by atoms with van der Waals surface area (Å²) < 4.78 is 43.4. The van der Waals surface area contributed by atoms with Crippen molar-refractivity contribution in [1.82, 2.24) is 4.31 Å². The minimum absolute atomic E-state index is 0.00219. The van der Waals surface area contributed by atoms with Crippen LogP contribution in [0, 0.1) is 0 Å². The normalized spacial score (nSPS) is 11.8. The van der Waals surface area contributed by atoms with Crippen LogP contribution in [0.5, 0.6) is 17.2 Å². The average Bonchev–Trinajstić information content (AvgIpc) is 2.78. The minimum atomic E-state index is -3.68. The van der Waals surface area contributed by atoms with Crippen molar-refractivity contribution in [3.05, 3.63) is 48.0 Å². The molecule has 0 saturated heterocycles. The first-order valence-corrected chi connectivity index (χ1v) is 12.1. The summed E-state index contributed by atoms with van der Waals surface area (Å²) in [4.78, 5) is 12.6. The number of benzene rings is 2. The van der Waals surface area contributed by atoms with Gasteiger partial charge in [-0.1, -0.05) is 19.9 Å². The Balaban J connectivity index is 2.25. The molecule has 0 aliphatic carbocycles. The van der Waals surface area contributed by atoms with Crippen molar-refractivity contribution in [2.45, 2.75) is 38.7 Å². The third-order valence-corrected chi connectivity index (χ3v) is 6.80. The number of carbonyl (C=O) groups excluding carboxylic acids is 1. The van der Waals surface area contributed by atoms with E-state index in [1.165, 1.54) is 35.7 Å². The lowest BCUT2D eigenvalue weighted by Gasteiger charge is -2.19. The summed E-state index contributed by atoms with van der Waals surface area (Å²) in [6.45, 7) is 8.09. The maximum Gasteiger partial charge on any atom is 0.248 e. The van der Waals surface area contributed by atoms with Gasteiger partial charge in [0.05, 0.1) is 30.9 Å². The van der Waals surface area contributed by atoms with E-state index in [2.05, 4.69) is 5.32 Å². The molecule has 9 heteroatoms. The van der Waals surface area contributed by atoms with Crippen LogP contribution < -0.4 is 19.5 Å². The molecule has 0 saturated carbocycles. The standard InChI is InChI=1S/C24H32N2O6S/c1-7-26(8-2)33(28,29)19-11-13-21(30-5)20(16-19)25-24(27)14-10-18-9-12-22(32-17(3)4)23(15-18)31-6/h9-17H,7-8H2,1-6H3,(H,25,27)/b14-10+. The van der Waals surface area contributed by atoms with Crippen molar-refractivity contribution >= 4 is 27.7 Å². The van der Waals surface area contributed by atoms with Crippen molar-refractivity contribution in [2.75, 3.05) is 32.6 Å². The summed E-state index contributed by atoms with van der Waals surface area (Å²) in [5.74, 6) is 1.09. The number of hydrogen-bond acceptors (Lipinski definition) is 6. The molecule has 0 spiro atoms. The summed E-state index contributed by atoms with van der Waals surface area (Å²) in [6, 6.07) is 9.74. The summed E-state index contributed by atoms with van der Waals surface area (Å²) >= 11 is 0. The molecule has 0 fully saturated rings. The fourth-order valence-corrected chi connectivity index (χ4v) is 4.63. The van der Waals surface area contributed by atoms with Crippen LogP contribution in [0.3, 0.4) is 0 Å². The van der Waals surface area contributed by atoms with Crippen LogP contribution in [0.25, 0.3) is 6.08 Å². The molecule has 0 bridgehead atoms. The summed E-state index contributed by atoms with van der Waals surface area (Å²) in [5, 5.41) is 2.70. The van der Waals surface area contributed by atoms with E-state index in [0.29, 0.717) is 30.3 Å². The van der Waals surface area contributed by atoms with E-state index in [1.807, 2.05) is 19.9 Å². The Kier molecular flexibility index (Phi) is 9.31. The summed E-state index contributed by atoms with van der Waals surface area (Å²) in [5.41, 5.74) is 1.00. The molecule has 33 heavy (non-hydrogen) atoms. The van der Waals surface area contributed by atoms with E-state index in [-0.39, 0.29) is 16.7 Å². The number of methoxy groups -OCH3 is 2.